The van der Waals surface area contributed by atoms with Gasteiger partial charge in [-0.1, -0.05) is 0 Å². The van der Waals surface area contributed by atoms with Gasteiger partial charge in [0.25, 0.3) is 5.91 Å². The molecule has 3 atom stereocenters. The number of aliphatic hydroxyl groups is 2. The van der Waals surface area contributed by atoms with Gasteiger partial charge in [-0.05, 0) is 37.1 Å². The van der Waals surface area contributed by atoms with Crippen LogP contribution in [0.15, 0.2) is 24.3 Å². The molecule has 0 spiro atoms. The number of hydrogen-bond donors (Lipinski definition) is 3. The summed E-state index contributed by atoms with van der Waals surface area (Å²) in [5, 5.41) is 21.4. The molecular formula is C14H16F3NO4. The van der Waals surface area contributed by atoms with Crippen LogP contribution in [0, 0.1) is 5.92 Å². The van der Waals surface area contributed by atoms with Gasteiger partial charge in [-0.3, -0.25) is 4.79 Å². The molecule has 0 heterocycles. The fraction of sp³-hybridized carbons (Fsp3) is 0.500. The van der Waals surface area contributed by atoms with Gasteiger partial charge in [-0.25, -0.2) is 0 Å². The lowest BCUT2D eigenvalue weighted by molar-refractivity contribution is -0.274. The number of halogens is 3. The Morgan fingerprint density at radius 2 is 1.91 bits per heavy atom. The fourth-order valence-electron chi connectivity index (χ4n) is 2.49. The van der Waals surface area contributed by atoms with Crippen molar-refractivity contribution in [3.05, 3.63) is 29.8 Å². The van der Waals surface area contributed by atoms with E-state index < -0.39 is 24.1 Å². The number of benzene rings is 1. The topological polar surface area (TPSA) is 78.8 Å². The summed E-state index contributed by atoms with van der Waals surface area (Å²) in [5.41, 5.74) is 0.191. The summed E-state index contributed by atoms with van der Waals surface area (Å²) in [7, 11) is 0. The first-order valence-corrected chi connectivity index (χ1v) is 6.74. The van der Waals surface area contributed by atoms with Gasteiger partial charge < -0.3 is 20.3 Å². The Balaban J connectivity index is 1.93. The van der Waals surface area contributed by atoms with Gasteiger partial charge in [0, 0.05) is 24.1 Å². The summed E-state index contributed by atoms with van der Waals surface area (Å²) < 4.78 is 39.8. The summed E-state index contributed by atoms with van der Waals surface area (Å²) in [6, 6.07) is 4.30. The Kier molecular flexibility index (Phi) is 4.92. The van der Waals surface area contributed by atoms with Crippen molar-refractivity contribution in [2.24, 2.45) is 5.92 Å². The molecular weight excluding hydrogens is 303 g/mol. The summed E-state index contributed by atoms with van der Waals surface area (Å²) >= 11 is 0. The number of carbonyl (C=O) groups is 1. The third kappa shape index (κ3) is 4.35. The molecule has 1 aromatic rings. The first-order valence-electron chi connectivity index (χ1n) is 6.74. The van der Waals surface area contributed by atoms with E-state index in [0.717, 1.165) is 12.1 Å². The Morgan fingerprint density at radius 1 is 1.27 bits per heavy atom. The highest BCUT2D eigenvalue weighted by atomic mass is 19.4. The first kappa shape index (κ1) is 16.6. The second-order valence-corrected chi connectivity index (χ2v) is 5.22. The molecule has 122 valence electrons. The second kappa shape index (κ2) is 6.53. The van der Waals surface area contributed by atoms with E-state index in [1.54, 1.807) is 0 Å². The minimum Gasteiger partial charge on any atom is -0.406 e. The van der Waals surface area contributed by atoms with Crippen molar-refractivity contribution in [1.29, 1.82) is 0 Å². The van der Waals surface area contributed by atoms with Crippen LogP contribution in [0.25, 0.3) is 0 Å². The van der Waals surface area contributed by atoms with Gasteiger partial charge in [-0.2, -0.15) is 0 Å². The predicted molar refractivity (Wildman–Crippen MR) is 70.2 cm³/mol. The zero-order valence-corrected chi connectivity index (χ0v) is 11.5. The van der Waals surface area contributed by atoms with Crippen molar-refractivity contribution in [1.82, 2.24) is 5.32 Å². The molecule has 1 aliphatic carbocycles. The number of carbonyl (C=O) groups excluding carboxylic acids is 1. The zero-order valence-electron chi connectivity index (χ0n) is 11.5. The Hall–Kier alpha value is -1.80. The van der Waals surface area contributed by atoms with Crippen LogP contribution < -0.4 is 10.1 Å². The molecule has 1 aliphatic rings. The van der Waals surface area contributed by atoms with E-state index in [4.69, 9.17) is 5.11 Å². The van der Waals surface area contributed by atoms with Gasteiger partial charge in [0.15, 0.2) is 0 Å². The summed E-state index contributed by atoms with van der Waals surface area (Å²) in [6.07, 6.45) is -4.65. The molecule has 2 rings (SSSR count). The van der Waals surface area contributed by atoms with Crippen LogP contribution in [0.1, 0.15) is 23.2 Å². The number of nitrogens with one attached hydrogen (secondary N) is 1. The maximum atomic E-state index is 12.0. The van der Waals surface area contributed by atoms with E-state index >= 15 is 0 Å². The highest BCUT2D eigenvalue weighted by Crippen LogP contribution is 2.26. The molecule has 0 aromatic heterocycles. The number of ether oxygens (including phenoxy) is 1. The molecule has 8 heteroatoms. The number of rotatable bonds is 4. The molecule has 0 saturated heterocycles. The third-order valence-corrected chi connectivity index (χ3v) is 3.58. The molecule has 0 aliphatic heterocycles. The van der Waals surface area contributed by atoms with Crippen LogP contribution in [-0.2, 0) is 0 Å². The lowest BCUT2D eigenvalue weighted by atomic mass is 10.1. The average molecular weight is 319 g/mol. The first-order chi connectivity index (χ1) is 10.3. The molecule has 0 bridgehead atoms. The molecule has 22 heavy (non-hydrogen) atoms. The minimum atomic E-state index is -4.77. The maximum absolute atomic E-state index is 12.0. The van der Waals surface area contributed by atoms with Gasteiger partial charge >= 0.3 is 6.36 Å². The van der Waals surface area contributed by atoms with E-state index in [0.29, 0.717) is 12.8 Å². The van der Waals surface area contributed by atoms with Crippen LogP contribution in [0.4, 0.5) is 13.2 Å². The average Bonchev–Trinajstić information content (AvgIpc) is 2.77. The molecule has 5 nitrogen and oxygen atoms in total. The van der Waals surface area contributed by atoms with Crippen molar-refractivity contribution in [2.45, 2.75) is 31.3 Å². The van der Waals surface area contributed by atoms with Crippen molar-refractivity contribution in [3.63, 3.8) is 0 Å². The largest absolute Gasteiger partial charge is 0.573 e. The van der Waals surface area contributed by atoms with Crippen molar-refractivity contribution < 1.29 is 32.9 Å². The van der Waals surface area contributed by atoms with Crippen LogP contribution in [0.3, 0.4) is 0 Å². The van der Waals surface area contributed by atoms with E-state index in [2.05, 4.69) is 10.1 Å². The quantitative estimate of drug-likeness (QED) is 0.785. The van der Waals surface area contributed by atoms with Crippen molar-refractivity contribution in [3.8, 4) is 5.75 Å². The third-order valence-electron chi connectivity index (χ3n) is 3.58. The second-order valence-electron chi connectivity index (χ2n) is 5.22. The smallest absolute Gasteiger partial charge is 0.406 e. The number of hydrogen-bond acceptors (Lipinski definition) is 4. The van der Waals surface area contributed by atoms with E-state index in [9.17, 15) is 23.1 Å². The number of amides is 1. The summed E-state index contributed by atoms with van der Waals surface area (Å²) in [5.74, 6) is -1.12. The SMILES string of the molecule is O=C(NC1CC(O)C(CO)C1)c1ccc(OC(F)(F)F)cc1. The normalized spacial score (nSPS) is 25.0. The number of alkyl halides is 3. The Bertz CT molecular complexity index is 518. The van der Waals surface area contributed by atoms with E-state index in [1.807, 2.05) is 0 Å². The van der Waals surface area contributed by atoms with Gasteiger partial charge in [0.1, 0.15) is 5.75 Å². The van der Waals surface area contributed by atoms with Crippen molar-refractivity contribution in [2.75, 3.05) is 6.61 Å². The van der Waals surface area contributed by atoms with Crippen LogP contribution in [0.5, 0.6) is 5.75 Å². The van der Waals surface area contributed by atoms with Crippen LogP contribution in [0.2, 0.25) is 0 Å². The lowest BCUT2D eigenvalue weighted by Gasteiger charge is -2.13. The van der Waals surface area contributed by atoms with Gasteiger partial charge in [0.05, 0.1) is 6.10 Å². The van der Waals surface area contributed by atoms with E-state index in [-0.39, 0.29) is 24.1 Å². The molecule has 1 aromatic carbocycles. The Morgan fingerprint density at radius 3 is 2.41 bits per heavy atom. The predicted octanol–water partition coefficient (Wildman–Crippen LogP) is 1.45. The Labute approximate surface area is 124 Å². The van der Waals surface area contributed by atoms with E-state index in [1.165, 1.54) is 12.1 Å². The molecule has 1 amide bonds. The summed E-state index contributed by atoms with van der Waals surface area (Å²) in [6.45, 7) is -0.156. The summed E-state index contributed by atoms with van der Waals surface area (Å²) in [4.78, 5) is 12.0. The zero-order chi connectivity index (χ0) is 16.3. The number of aliphatic hydroxyl groups excluding tert-OH is 2. The maximum Gasteiger partial charge on any atom is 0.573 e. The highest BCUT2D eigenvalue weighted by Gasteiger charge is 2.33. The molecule has 3 N–H and O–H groups in total. The molecule has 3 unspecified atom stereocenters. The highest BCUT2D eigenvalue weighted by molar-refractivity contribution is 5.94. The standard InChI is InChI=1S/C14H16F3NO4/c15-14(16,17)22-11-3-1-8(2-4-11)13(21)18-10-5-9(7-19)12(20)6-10/h1-4,9-10,12,19-20H,5-7H2,(H,18,21). The molecule has 0 radical (unpaired) electrons. The minimum absolute atomic E-state index is 0.156. The fourth-order valence-corrected chi connectivity index (χ4v) is 2.49. The van der Waals surface area contributed by atoms with Crippen LogP contribution in [-0.4, -0.2) is 41.2 Å². The lowest BCUT2D eigenvalue weighted by Crippen LogP contribution is -2.33. The van der Waals surface area contributed by atoms with Crippen molar-refractivity contribution >= 4 is 5.91 Å². The molecule has 1 saturated carbocycles. The van der Waals surface area contributed by atoms with Gasteiger partial charge in [-0.15, -0.1) is 13.2 Å². The van der Waals surface area contributed by atoms with Gasteiger partial charge in [0.2, 0.25) is 0 Å². The monoisotopic (exact) mass is 319 g/mol. The molecule has 1 fully saturated rings. The van der Waals surface area contributed by atoms with Crippen LogP contribution >= 0.6 is 0 Å².